The van der Waals surface area contributed by atoms with Gasteiger partial charge in [0.05, 0.1) is 24.2 Å². The lowest BCUT2D eigenvalue weighted by atomic mass is 10.2. The Balaban J connectivity index is 1.97. The van der Waals surface area contributed by atoms with E-state index >= 15 is 0 Å². The molecule has 1 aromatic heterocycles. The number of nitrogens with one attached hydrogen (secondary N) is 1. The van der Waals surface area contributed by atoms with Crippen LogP contribution < -0.4 is 5.32 Å². The molecule has 0 spiro atoms. The van der Waals surface area contributed by atoms with Crippen molar-refractivity contribution in [2.24, 2.45) is 0 Å². The molecule has 2 aromatic rings. The molecule has 0 aliphatic carbocycles. The van der Waals surface area contributed by atoms with Crippen molar-refractivity contribution in [3.8, 4) is 6.07 Å². The summed E-state index contributed by atoms with van der Waals surface area (Å²) >= 11 is 0. The predicted octanol–water partition coefficient (Wildman–Crippen LogP) is 2.76. The summed E-state index contributed by atoms with van der Waals surface area (Å²) in [5.74, 6) is 0. The summed E-state index contributed by atoms with van der Waals surface area (Å²) in [7, 11) is 0. The van der Waals surface area contributed by atoms with Crippen molar-refractivity contribution in [3.05, 3.63) is 54.0 Å². The molecule has 0 unspecified atom stereocenters. The van der Waals surface area contributed by atoms with E-state index in [-0.39, 0.29) is 0 Å². The van der Waals surface area contributed by atoms with Gasteiger partial charge in [-0.25, -0.2) is 0 Å². The van der Waals surface area contributed by atoms with Gasteiger partial charge < -0.3 is 9.73 Å². The Morgan fingerprint density at radius 2 is 2.00 bits per heavy atom. The fourth-order valence-electron chi connectivity index (χ4n) is 1.26. The van der Waals surface area contributed by atoms with Crippen LogP contribution in [-0.4, -0.2) is 0 Å². The van der Waals surface area contributed by atoms with E-state index in [9.17, 15) is 0 Å². The van der Waals surface area contributed by atoms with Gasteiger partial charge in [-0.3, -0.25) is 0 Å². The zero-order valence-electron chi connectivity index (χ0n) is 8.10. The highest BCUT2D eigenvalue weighted by Crippen LogP contribution is 2.10. The Morgan fingerprint density at radius 1 is 1.20 bits per heavy atom. The minimum atomic E-state index is 0.670. The molecule has 0 saturated carbocycles. The topological polar surface area (TPSA) is 49.0 Å². The van der Waals surface area contributed by atoms with Gasteiger partial charge in [0.15, 0.2) is 0 Å². The second-order valence-corrected chi connectivity index (χ2v) is 3.17. The van der Waals surface area contributed by atoms with Crippen LogP contribution >= 0.6 is 0 Å². The van der Waals surface area contributed by atoms with Crippen molar-refractivity contribution in [1.29, 1.82) is 5.26 Å². The molecule has 3 heteroatoms. The lowest BCUT2D eigenvalue weighted by molar-refractivity contribution is 0.564. The average molecular weight is 198 g/mol. The second-order valence-electron chi connectivity index (χ2n) is 3.17. The van der Waals surface area contributed by atoms with Crippen LogP contribution in [0.5, 0.6) is 0 Å². The van der Waals surface area contributed by atoms with Crippen molar-refractivity contribution < 1.29 is 4.42 Å². The summed E-state index contributed by atoms with van der Waals surface area (Å²) in [6, 6.07) is 11.3. The highest BCUT2D eigenvalue weighted by Gasteiger charge is 1.95. The number of hydrogen-bond acceptors (Lipinski definition) is 3. The maximum absolute atomic E-state index is 8.63. The van der Waals surface area contributed by atoms with Crippen LogP contribution in [0.4, 0.5) is 5.69 Å². The summed E-state index contributed by atoms with van der Waals surface area (Å²) in [5.41, 5.74) is 2.76. The van der Waals surface area contributed by atoms with Gasteiger partial charge in [-0.05, 0) is 30.3 Å². The third-order valence-corrected chi connectivity index (χ3v) is 2.09. The smallest absolute Gasteiger partial charge is 0.0991 e. The molecule has 15 heavy (non-hydrogen) atoms. The van der Waals surface area contributed by atoms with Crippen molar-refractivity contribution in [1.82, 2.24) is 0 Å². The first-order valence-electron chi connectivity index (χ1n) is 4.63. The molecule has 1 aromatic carbocycles. The Hall–Kier alpha value is -2.21. The molecular weight excluding hydrogens is 188 g/mol. The van der Waals surface area contributed by atoms with Gasteiger partial charge in [0.1, 0.15) is 0 Å². The summed E-state index contributed by atoms with van der Waals surface area (Å²) in [6.07, 6.45) is 3.35. The van der Waals surface area contributed by atoms with E-state index in [0.29, 0.717) is 5.56 Å². The molecule has 74 valence electrons. The highest BCUT2D eigenvalue weighted by atomic mass is 16.3. The van der Waals surface area contributed by atoms with Crippen LogP contribution in [0.1, 0.15) is 11.1 Å². The first-order chi connectivity index (χ1) is 7.38. The lowest BCUT2D eigenvalue weighted by Gasteiger charge is -2.03. The first kappa shape index (κ1) is 9.35. The Labute approximate surface area is 88.0 Å². The second kappa shape index (κ2) is 4.34. The maximum atomic E-state index is 8.63. The first-order valence-corrected chi connectivity index (χ1v) is 4.63. The molecule has 0 bridgehead atoms. The number of furan rings is 1. The van der Waals surface area contributed by atoms with E-state index in [4.69, 9.17) is 9.68 Å². The summed E-state index contributed by atoms with van der Waals surface area (Å²) in [6.45, 7) is 0.725. The molecule has 0 atom stereocenters. The van der Waals surface area contributed by atoms with Crippen LogP contribution in [-0.2, 0) is 6.54 Å². The van der Waals surface area contributed by atoms with Crippen molar-refractivity contribution in [3.63, 3.8) is 0 Å². The molecule has 0 saturated heterocycles. The van der Waals surface area contributed by atoms with Crippen LogP contribution in [0.25, 0.3) is 0 Å². The van der Waals surface area contributed by atoms with Gasteiger partial charge in [-0.1, -0.05) is 0 Å². The zero-order chi connectivity index (χ0) is 10.5. The van der Waals surface area contributed by atoms with Crippen LogP contribution in [0.3, 0.4) is 0 Å². The molecule has 2 rings (SSSR count). The predicted molar refractivity (Wildman–Crippen MR) is 57.2 cm³/mol. The maximum Gasteiger partial charge on any atom is 0.0991 e. The van der Waals surface area contributed by atoms with Gasteiger partial charge in [0.25, 0.3) is 0 Å². The minimum absolute atomic E-state index is 0.670. The summed E-state index contributed by atoms with van der Waals surface area (Å²) < 4.78 is 4.96. The van der Waals surface area contributed by atoms with Gasteiger partial charge in [0, 0.05) is 17.8 Å². The zero-order valence-corrected chi connectivity index (χ0v) is 8.10. The number of nitriles is 1. The number of benzene rings is 1. The molecule has 0 amide bonds. The molecule has 0 aliphatic heterocycles. The van der Waals surface area contributed by atoms with E-state index < -0.39 is 0 Å². The SMILES string of the molecule is N#Cc1ccc(NCc2ccoc2)cc1. The van der Waals surface area contributed by atoms with Gasteiger partial charge >= 0.3 is 0 Å². The molecule has 3 nitrogen and oxygen atoms in total. The van der Waals surface area contributed by atoms with Gasteiger partial charge in [-0.2, -0.15) is 5.26 Å². The fraction of sp³-hybridized carbons (Fsp3) is 0.0833. The number of rotatable bonds is 3. The Kier molecular flexibility index (Phi) is 2.70. The number of nitrogens with zero attached hydrogens (tertiary/aromatic N) is 1. The van der Waals surface area contributed by atoms with Crippen LogP contribution in [0.2, 0.25) is 0 Å². The normalized spacial score (nSPS) is 9.53. The van der Waals surface area contributed by atoms with Crippen LogP contribution in [0, 0.1) is 11.3 Å². The third-order valence-electron chi connectivity index (χ3n) is 2.09. The van der Waals surface area contributed by atoms with Crippen molar-refractivity contribution in [2.75, 3.05) is 5.32 Å². The number of hydrogen-bond donors (Lipinski definition) is 1. The van der Waals surface area contributed by atoms with Crippen molar-refractivity contribution >= 4 is 5.69 Å². The van der Waals surface area contributed by atoms with Gasteiger partial charge in [-0.15, -0.1) is 0 Å². The molecule has 1 N–H and O–H groups in total. The van der Waals surface area contributed by atoms with E-state index in [1.165, 1.54) is 0 Å². The Morgan fingerprint density at radius 3 is 2.60 bits per heavy atom. The fourth-order valence-corrected chi connectivity index (χ4v) is 1.26. The molecule has 0 fully saturated rings. The van der Waals surface area contributed by atoms with E-state index in [1.54, 1.807) is 24.7 Å². The molecule has 1 heterocycles. The summed E-state index contributed by atoms with van der Waals surface area (Å²) in [4.78, 5) is 0. The molecular formula is C12H10N2O. The lowest BCUT2D eigenvalue weighted by Crippen LogP contribution is -1.97. The van der Waals surface area contributed by atoms with E-state index in [1.807, 2.05) is 18.2 Å². The van der Waals surface area contributed by atoms with Crippen molar-refractivity contribution in [2.45, 2.75) is 6.54 Å². The van der Waals surface area contributed by atoms with Gasteiger partial charge in [0.2, 0.25) is 0 Å². The molecule has 0 radical (unpaired) electrons. The average Bonchev–Trinajstić information content (AvgIpc) is 2.80. The monoisotopic (exact) mass is 198 g/mol. The summed E-state index contributed by atoms with van der Waals surface area (Å²) in [5, 5.41) is 11.9. The van der Waals surface area contributed by atoms with E-state index in [2.05, 4.69) is 11.4 Å². The minimum Gasteiger partial charge on any atom is -0.472 e. The van der Waals surface area contributed by atoms with E-state index in [0.717, 1.165) is 17.8 Å². The molecule has 0 aliphatic rings. The Bertz CT molecular complexity index is 451. The highest BCUT2D eigenvalue weighted by molar-refractivity contribution is 5.47. The standard InChI is InChI=1S/C12H10N2O/c13-7-10-1-3-12(4-2-10)14-8-11-5-6-15-9-11/h1-6,9,14H,8H2. The third kappa shape index (κ3) is 2.38. The quantitative estimate of drug-likeness (QED) is 0.824. The largest absolute Gasteiger partial charge is 0.472 e. The van der Waals surface area contributed by atoms with Crippen LogP contribution in [0.15, 0.2) is 47.3 Å². The number of anilines is 1.